The van der Waals surface area contributed by atoms with Gasteiger partial charge in [0, 0.05) is 44.3 Å². The second kappa shape index (κ2) is 8.15. The van der Waals surface area contributed by atoms with Gasteiger partial charge in [-0.05, 0) is 30.5 Å². The molecule has 1 aliphatic heterocycles. The molecule has 1 aromatic heterocycles. The van der Waals surface area contributed by atoms with E-state index in [0.717, 1.165) is 55.5 Å². The van der Waals surface area contributed by atoms with Gasteiger partial charge < -0.3 is 9.47 Å². The fourth-order valence-corrected chi connectivity index (χ4v) is 3.53. The Hall–Kier alpha value is -1.82. The zero-order valence-electron chi connectivity index (χ0n) is 13.1. The van der Waals surface area contributed by atoms with Gasteiger partial charge in [0.25, 0.3) is 0 Å². The zero-order valence-corrected chi connectivity index (χ0v) is 13.9. The van der Waals surface area contributed by atoms with Crippen LogP contribution < -0.4 is 0 Å². The fourth-order valence-electron chi connectivity index (χ4n) is 2.56. The summed E-state index contributed by atoms with van der Waals surface area (Å²) in [6, 6.07) is 6.75. The third-order valence-electron chi connectivity index (χ3n) is 3.74. The molecule has 0 saturated heterocycles. The Morgan fingerprint density at radius 3 is 2.83 bits per heavy atom. The number of hydrogen-bond acceptors (Lipinski definition) is 4. The van der Waals surface area contributed by atoms with Crippen molar-refractivity contribution in [3.8, 4) is 0 Å². The second-order valence-electron chi connectivity index (χ2n) is 5.57. The van der Waals surface area contributed by atoms with Crippen molar-refractivity contribution in [2.24, 2.45) is 4.99 Å². The molecular formula is C17H21FN4S. The largest absolute Gasteiger partial charge is 0.347 e. The summed E-state index contributed by atoms with van der Waals surface area (Å²) in [5, 5.41) is 1.12. The summed E-state index contributed by atoms with van der Waals surface area (Å²) in [5.74, 6) is 0.935. The van der Waals surface area contributed by atoms with Crippen LogP contribution in [0, 0.1) is 5.82 Å². The summed E-state index contributed by atoms with van der Waals surface area (Å²) in [7, 11) is 0. The van der Waals surface area contributed by atoms with Crippen molar-refractivity contribution in [3.63, 3.8) is 0 Å². The molecule has 0 aliphatic carbocycles. The van der Waals surface area contributed by atoms with E-state index in [0.29, 0.717) is 0 Å². The average Bonchev–Trinajstić information content (AvgIpc) is 3.10. The number of amidine groups is 1. The molecule has 0 atom stereocenters. The molecule has 0 radical (unpaired) electrons. The van der Waals surface area contributed by atoms with Crippen LogP contribution in [0.25, 0.3) is 0 Å². The van der Waals surface area contributed by atoms with E-state index in [2.05, 4.69) is 19.4 Å². The summed E-state index contributed by atoms with van der Waals surface area (Å²) in [6.45, 7) is 3.55. The Bertz CT molecular complexity index is 625. The van der Waals surface area contributed by atoms with Gasteiger partial charge in [-0.1, -0.05) is 23.9 Å². The molecule has 122 valence electrons. The van der Waals surface area contributed by atoms with E-state index >= 15 is 0 Å². The van der Waals surface area contributed by atoms with E-state index < -0.39 is 0 Å². The molecule has 0 unspecified atom stereocenters. The maximum Gasteiger partial charge on any atom is 0.159 e. The Kier molecular flexibility index (Phi) is 5.69. The fraction of sp³-hybridized carbons (Fsp3) is 0.412. The first-order chi connectivity index (χ1) is 11.3. The second-order valence-corrected chi connectivity index (χ2v) is 6.63. The van der Waals surface area contributed by atoms with Crippen molar-refractivity contribution in [2.45, 2.75) is 25.9 Å². The minimum atomic E-state index is -0.190. The number of imidazole rings is 1. The number of benzene rings is 1. The molecule has 2 heterocycles. The molecular weight excluding hydrogens is 311 g/mol. The van der Waals surface area contributed by atoms with Gasteiger partial charge in [0.05, 0.1) is 6.33 Å². The smallest absolute Gasteiger partial charge is 0.159 e. The molecule has 6 heteroatoms. The molecule has 0 spiro atoms. The molecule has 0 saturated carbocycles. The minimum Gasteiger partial charge on any atom is -0.347 e. The Labute approximate surface area is 140 Å². The zero-order chi connectivity index (χ0) is 15.9. The van der Waals surface area contributed by atoms with Gasteiger partial charge in [-0.3, -0.25) is 4.99 Å². The van der Waals surface area contributed by atoms with Crippen molar-refractivity contribution < 1.29 is 4.39 Å². The van der Waals surface area contributed by atoms with Crippen molar-refractivity contribution in [1.82, 2.24) is 14.5 Å². The van der Waals surface area contributed by atoms with Gasteiger partial charge in [0.15, 0.2) is 5.17 Å². The number of aliphatic imine (C=N–C) groups is 1. The third-order valence-corrected chi connectivity index (χ3v) is 4.88. The Morgan fingerprint density at radius 1 is 1.26 bits per heavy atom. The van der Waals surface area contributed by atoms with Crippen LogP contribution in [0.15, 0.2) is 48.0 Å². The first-order valence-electron chi connectivity index (χ1n) is 7.93. The standard InChI is InChI=1S/C17H21FN4S/c18-16-5-3-15(4-6-16)13-22(17-20-7-1-12-23-17)10-2-9-21-11-8-19-14-21/h3-6,8,11,14H,1-2,7,9-10,12-13H2. The number of aromatic nitrogens is 2. The first-order valence-corrected chi connectivity index (χ1v) is 8.92. The van der Waals surface area contributed by atoms with Crippen LogP contribution in [0.3, 0.4) is 0 Å². The maximum atomic E-state index is 13.1. The van der Waals surface area contributed by atoms with E-state index in [1.807, 2.05) is 36.4 Å². The lowest BCUT2D eigenvalue weighted by atomic mass is 10.2. The third kappa shape index (κ3) is 4.82. The van der Waals surface area contributed by atoms with E-state index in [4.69, 9.17) is 0 Å². The van der Waals surface area contributed by atoms with E-state index in [9.17, 15) is 4.39 Å². The van der Waals surface area contributed by atoms with Gasteiger partial charge in [0.1, 0.15) is 5.82 Å². The maximum absolute atomic E-state index is 13.1. The van der Waals surface area contributed by atoms with E-state index in [1.165, 1.54) is 12.1 Å². The number of nitrogens with zero attached hydrogens (tertiary/aromatic N) is 4. The lowest BCUT2D eigenvalue weighted by Gasteiger charge is -2.27. The number of hydrogen-bond donors (Lipinski definition) is 0. The minimum absolute atomic E-state index is 0.190. The lowest BCUT2D eigenvalue weighted by molar-refractivity contribution is 0.395. The molecule has 23 heavy (non-hydrogen) atoms. The Morgan fingerprint density at radius 2 is 2.13 bits per heavy atom. The van der Waals surface area contributed by atoms with Gasteiger partial charge >= 0.3 is 0 Å². The molecule has 3 rings (SSSR count). The predicted molar refractivity (Wildman–Crippen MR) is 93.0 cm³/mol. The van der Waals surface area contributed by atoms with E-state index in [-0.39, 0.29) is 5.82 Å². The number of rotatable bonds is 6. The van der Waals surface area contributed by atoms with Gasteiger partial charge in [-0.2, -0.15) is 0 Å². The van der Waals surface area contributed by atoms with Gasteiger partial charge in [0.2, 0.25) is 0 Å². The topological polar surface area (TPSA) is 33.4 Å². The van der Waals surface area contributed by atoms with Gasteiger partial charge in [-0.15, -0.1) is 0 Å². The predicted octanol–water partition coefficient (Wildman–Crippen LogP) is 3.41. The number of thioether (sulfide) groups is 1. The highest BCUT2D eigenvalue weighted by Gasteiger charge is 2.15. The van der Waals surface area contributed by atoms with Crippen LogP contribution in [0.1, 0.15) is 18.4 Å². The van der Waals surface area contributed by atoms with Crippen LogP contribution >= 0.6 is 11.8 Å². The van der Waals surface area contributed by atoms with Crippen molar-refractivity contribution >= 4 is 16.9 Å². The summed E-state index contributed by atoms with van der Waals surface area (Å²) in [4.78, 5) is 11.1. The molecule has 1 aromatic carbocycles. The van der Waals surface area contributed by atoms with E-state index in [1.54, 1.807) is 6.20 Å². The molecule has 0 amide bonds. The highest BCUT2D eigenvalue weighted by atomic mass is 32.2. The quantitative estimate of drug-likeness (QED) is 0.813. The number of aryl methyl sites for hydroxylation is 1. The van der Waals surface area contributed by atoms with Crippen LogP contribution in [0.2, 0.25) is 0 Å². The summed E-state index contributed by atoms with van der Waals surface area (Å²) >= 11 is 1.82. The molecule has 1 aliphatic rings. The van der Waals surface area contributed by atoms with Crippen LogP contribution in [0.5, 0.6) is 0 Å². The average molecular weight is 332 g/mol. The van der Waals surface area contributed by atoms with Crippen molar-refractivity contribution in [2.75, 3.05) is 18.8 Å². The number of halogens is 1. The molecule has 0 fully saturated rings. The Balaban J connectivity index is 1.63. The highest BCUT2D eigenvalue weighted by molar-refractivity contribution is 8.13. The summed E-state index contributed by atoms with van der Waals surface area (Å²) in [5.41, 5.74) is 1.11. The van der Waals surface area contributed by atoms with Crippen LogP contribution in [-0.2, 0) is 13.1 Å². The van der Waals surface area contributed by atoms with Crippen molar-refractivity contribution in [3.05, 3.63) is 54.4 Å². The molecule has 0 bridgehead atoms. The summed E-state index contributed by atoms with van der Waals surface area (Å²) in [6.07, 6.45) is 7.80. The molecule has 4 nitrogen and oxygen atoms in total. The molecule has 2 aromatic rings. The van der Waals surface area contributed by atoms with Crippen LogP contribution in [-0.4, -0.2) is 38.5 Å². The lowest BCUT2D eigenvalue weighted by Crippen LogP contribution is -2.31. The normalized spacial score (nSPS) is 14.6. The monoisotopic (exact) mass is 332 g/mol. The van der Waals surface area contributed by atoms with Gasteiger partial charge in [-0.25, -0.2) is 9.37 Å². The van der Waals surface area contributed by atoms with Crippen LogP contribution in [0.4, 0.5) is 4.39 Å². The first kappa shape index (κ1) is 16.1. The highest BCUT2D eigenvalue weighted by Crippen LogP contribution is 2.19. The molecule has 0 N–H and O–H groups in total. The summed E-state index contributed by atoms with van der Waals surface area (Å²) < 4.78 is 15.2. The SMILES string of the molecule is Fc1ccc(CN(CCCn2ccnc2)C2=NCCCS2)cc1. The van der Waals surface area contributed by atoms with Crippen molar-refractivity contribution in [1.29, 1.82) is 0 Å².